The minimum atomic E-state index is -0.199. The van der Waals surface area contributed by atoms with Gasteiger partial charge < -0.3 is 20.1 Å². The number of nitrogens with one attached hydrogen (secondary N) is 2. The van der Waals surface area contributed by atoms with E-state index in [1.807, 2.05) is 0 Å². The molecule has 0 aromatic heterocycles. The maximum Gasteiger partial charge on any atom is 0.252 e. The predicted octanol–water partition coefficient (Wildman–Crippen LogP) is 2.34. The summed E-state index contributed by atoms with van der Waals surface area (Å²) in [6.07, 6.45) is 4.21. The topological polar surface area (TPSA) is 76.7 Å². The van der Waals surface area contributed by atoms with Crippen molar-refractivity contribution in [1.29, 1.82) is 0 Å². The Kier molecular flexibility index (Phi) is 7.14. The largest absolute Gasteiger partial charge is 0.493 e. The number of benzene rings is 1. The molecule has 7 heteroatoms. The van der Waals surface area contributed by atoms with Crippen molar-refractivity contribution in [3.05, 3.63) is 21.3 Å². The standard InChI is InChI=1S/C17H23IN2O4/c1-23-14-9-12(13(18)10-15(14)24-2)17(22)20-8-7-19-16(21)11-5-3-4-6-11/h9-11H,3-8H2,1-2H3,(H,19,21)(H,20,22). The number of rotatable bonds is 7. The molecule has 1 fully saturated rings. The van der Waals surface area contributed by atoms with Crippen LogP contribution in [0.2, 0.25) is 0 Å². The Labute approximate surface area is 155 Å². The highest BCUT2D eigenvalue weighted by atomic mass is 127. The zero-order chi connectivity index (χ0) is 17.5. The number of carbonyl (C=O) groups is 2. The summed E-state index contributed by atoms with van der Waals surface area (Å²) in [6.45, 7) is 0.826. The van der Waals surface area contributed by atoms with Gasteiger partial charge in [0.2, 0.25) is 5.91 Å². The van der Waals surface area contributed by atoms with Gasteiger partial charge in [0.05, 0.1) is 19.8 Å². The van der Waals surface area contributed by atoms with E-state index in [-0.39, 0.29) is 17.7 Å². The quantitative estimate of drug-likeness (QED) is 0.498. The molecular weight excluding hydrogens is 423 g/mol. The van der Waals surface area contributed by atoms with Gasteiger partial charge in [-0.05, 0) is 47.6 Å². The number of ether oxygens (including phenoxy) is 2. The molecule has 0 unspecified atom stereocenters. The number of halogens is 1. The van der Waals surface area contributed by atoms with Gasteiger partial charge in [-0.2, -0.15) is 0 Å². The number of hydrogen-bond donors (Lipinski definition) is 2. The third-order valence-electron chi connectivity index (χ3n) is 4.15. The Balaban J connectivity index is 1.85. The van der Waals surface area contributed by atoms with Crippen LogP contribution in [0.1, 0.15) is 36.0 Å². The zero-order valence-electron chi connectivity index (χ0n) is 14.0. The lowest BCUT2D eigenvalue weighted by molar-refractivity contribution is -0.124. The van der Waals surface area contributed by atoms with Gasteiger partial charge in [-0.1, -0.05) is 12.8 Å². The van der Waals surface area contributed by atoms with Crippen LogP contribution < -0.4 is 20.1 Å². The van der Waals surface area contributed by atoms with Crippen LogP contribution in [0.15, 0.2) is 12.1 Å². The summed E-state index contributed by atoms with van der Waals surface area (Å²) in [5.41, 5.74) is 0.523. The number of hydrogen-bond acceptors (Lipinski definition) is 4. The molecule has 24 heavy (non-hydrogen) atoms. The summed E-state index contributed by atoms with van der Waals surface area (Å²) >= 11 is 2.09. The van der Waals surface area contributed by atoms with Crippen LogP contribution in [-0.4, -0.2) is 39.1 Å². The lowest BCUT2D eigenvalue weighted by Gasteiger charge is -2.13. The molecule has 2 rings (SSSR count). The highest BCUT2D eigenvalue weighted by Crippen LogP contribution is 2.31. The molecule has 2 N–H and O–H groups in total. The molecule has 1 aliphatic rings. The maximum atomic E-state index is 12.3. The first kappa shape index (κ1) is 18.8. The van der Waals surface area contributed by atoms with Gasteiger partial charge in [0.25, 0.3) is 5.91 Å². The fraction of sp³-hybridized carbons (Fsp3) is 0.529. The molecule has 0 heterocycles. The van der Waals surface area contributed by atoms with Gasteiger partial charge >= 0.3 is 0 Å². The van der Waals surface area contributed by atoms with Crippen molar-refractivity contribution in [1.82, 2.24) is 10.6 Å². The van der Waals surface area contributed by atoms with Crippen LogP contribution in [0, 0.1) is 9.49 Å². The summed E-state index contributed by atoms with van der Waals surface area (Å²) < 4.78 is 11.2. The Morgan fingerprint density at radius 3 is 2.29 bits per heavy atom. The first-order valence-electron chi connectivity index (χ1n) is 8.04. The van der Waals surface area contributed by atoms with Crippen molar-refractivity contribution in [3.63, 3.8) is 0 Å². The van der Waals surface area contributed by atoms with E-state index in [0.29, 0.717) is 30.2 Å². The fourth-order valence-electron chi connectivity index (χ4n) is 2.82. The van der Waals surface area contributed by atoms with Crippen molar-refractivity contribution >= 4 is 34.4 Å². The van der Waals surface area contributed by atoms with Crippen molar-refractivity contribution in [3.8, 4) is 11.5 Å². The Hall–Kier alpha value is -1.51. The molecule has 0 radical (unpaired) electrons. The van der Waals surface area contributed by atoms with Crippen LogP contribution >= 0.6 is 22.6 Å². The number of methoxy groups -OCH3 is 2. The minimum absolute atomic E-state index is 0.0995. The summed E-state index contributed by atoms with van der Waals surface area (Å²) in [4.78, 5) is 24.2. The molecule has 1 saturated carbocycles. The smallest absolute Gasteiger partial charge is 0.252 e. The molecule has 0 bridgehead atoms. The van der Waals surface area contributed by atoms with Gasteiger partial charge in [-0.25, -0.2) is 0 Å². The van der Waals surface area contributed by atoms with Gasteiger partial charge in [-0.3, -0.25) is 9.59 Å². The molecule has 132 valence electrons. The first-order chi connectivity index (χ1) is 11.6. The van der Waals surface area contributed by atoms with Gasteiger partial charge in [0.15, 0.2) is 11.5 Å². The number of amides is 2. The SMILES string of the molecule is COc1cc(I)c(C(=O)NCCNC(=O)C2CCCC2)cc1OC. The average Bonchev–Trinajstić information content (AvgIpc) is 3.12. The Bertz CT molecular complexity index is 600. The molecule has 2 amide bonds. The van der Waals surface area contributed by atoms with Crippen LogP contribution in [0.25, 0.3) is 0 Å². The van der Waals surface area contributed by atoms with Crippen LogP contribution in [0.5, 0.6) is 11.5 Å². The van der Waals surface area contributed by atoms with Crippen LogP contribution in [0.3, 0.4) is 0 Å². The summed E-state index contributed by atoms with van der Waals surface area (Å²) in [7, 11) is 3.09. The molecular formula is C17H23IN2O4. The molecule has 1 aromatic rings. The lowest BCUT2D eigenvalue weighted by atomic mass is 10.1. The second-order valence-corrected chi connectivity index (χ2v) is 6.88. The highest BCUT2D eigenvalue weighted by molar-refractivity contribution is 14.1. The van der Waals surface area contributed by atoms with E-state index in [1.165, 1.54) is 7.11 Å². The fourth-order valence-corrected chi connectivity index (χ4v) is 3.50. The van der Waals surface area contributed by atoms with Gasteiger partial charge in [-0.15, -0.1) is 0 Å². The lowest BCUT2D eigenvalue weighted by Crippen LogP contribution is -2.37. The second kappa shape index (κ2) is 9.10. The maximum absolute atomic E-state index is 12.3. The molecule has 0 atom stereocenters. The summed E-state index contributed by atoms with van der Waals surface area (Å²) in [5, 5.41) is 5.71. The molecule has 0 aliphatic heterocycles. The van der Waals surface area contributed by atoms with Crippen molar-refractivity contribution in [2.24, 2.45) is 5.92 Å². The molecule has 1 aromatic carbocycles. The van der Waals surface area contributed by atoms with E-state index in [9.17, 15) is 9.59 Å². The normalized spacial score (nSPS) is 14.3. The highest BCUT2D eigenvalue weighted by Gasteiger charge is 2.22. The second-order valence-electron chi connectivity index (χ2n) is 5.72. The Morgan fingerprint density at radius 2 is 1.67 bits per heavy atom. The minimum Gasteiger partial charge on any atom is -0.493 e. The van der Waals surface area contributed by atoms with E-state index >= 15 is 0 Å². The van der Waals surface area contributed by atoms with E-state index in [1.54, 1.807) is 19.2 Å². The summed E-state index contributed by atoms with van der Waals surface area (Å²) in [6, 6.07) is 3.42. The zero-order valence-corrected chi connectivity index (χ0v) is 16.1. The average molecular weight is 446 g/mol. The van der Waals surface area contributed by atoms with Crippen LogP contribution in [0.4, 0.5) is 0 Å². The predicted molar refractivity (Wildman–Crippen MR) is 99.6 cm³/mol. The third kappa shape index (κ3) is 4.75. The van der Waals surface area contributed by atoms with Crippen molar-refractivity contribution in [2.75, 3.05) is 27.3 Å². The van der Waals surface area contributed by atoms with Gasteiger partial charge in [0, 0.05) is 22.6 Å². The van der Waals surface area contributed by atoms with Crippen molar-refractivity contribution in [2.45, 2.75) is 25.7 Å². The number of carbonyl (C=O) groups excluding carboxylic acids is 2. The first-order valence-corrected chi connectivity index (χ1v) is 9.12. The van der Waals surface area contributed by atoms with E-state index in [0.717, 1.165) is 29.3 Å². The van der Waals surface area contributed by atoms with E-state index < -0.39 is 0 Å². The van der Waals surface area contributed by atoms with E-state index in [2.05, 4.69) is 33.2 Å². The molecule has 0 spiro atoms. The Morgan fingerprint density at radius 1 is 1.08 bits per heavy atom. The van der Waals surface area contributed by atoms with Gasteiger partial charge in [0.1, 0.15) is 0 Å². The van der Waals surface area contributed by atoms with Crippen LogP contribution in [-0.2, 0) is 4.79 Å². The summed E-state index contributed by atoms with van der Waals surface area (Å²) in [5.74, 6) is 1.14. The molecule has 1 aliphatic carbocycles. The van der Waals surface area contributed by atoms with E-state index in [4.69, 9.17) is 9.47 Å². The molecule has 6 nitrogen and oxygen atoms in total. The third-order valence-corrected chi connectivity index (χ3v) is 5.05. The molecule has 0 saturated heterocycles. The van der Waals surface area contributed by atoms with Crippen molar-refractivity contribution < 1.29 is 19.1 Å². The monoisotopic (exact) mass is 446 g/mol.